The number of sulfone groups is 1. The van der Waals surface area contributed by atoms with E-state index in [0.717, 1.165) is 16.5 Å². The molecule has 1 amide bonds. The Morgan fingerprint density at radius 3 is 2.32 bits per heavy atom. The lowest BCUT2D eigenvalue weighted by Gasteiger charge is -2.28. The van der Waals surface area contributed by atoms with E-state index in [4.69, 9.17) is 0 Å². The summed E-state index contributed by atoms with van der Waals surface area (Å²) in [5.74, 6) is -0.958. The minimum Gasteiger partial charge on any atom is -0.300 e. The molecule has 1 heterocycles. The first-order valence-corrected chi connectivity index (χ1v) is 9.56. The molecule has 1 aliphatic heterocycles. The van der Waals surface area contributed by atoms with Crippen molar-refractivity contribution >= 4 is 21.4 Å². The van der Waals surface area contributed by atoms with Gasteiger partial charge in [-0.05, 0) is 67.4 Å². The molecule has 0 aliphatic carbocycles. The molecule has 3 rings (SSSR count). The molecule has 0 fully saturated rings. The molecule has 2 aromatic carbocycles. The summed E-state index contributed by atoms with van der Waals surface area (Å²) >= 11 is 0. The Balaban J connectivity index is 2.05. The van der Waals surface area contributed by atoms with Crippen LogP contribution in [0.2, 0.25) is 0 Å². The molecule has 130 valence electrons. The number of nitrogens with zero attached hydrogens (tertiary/aromatic N) is 1. The monoisotopic (exact) mass is 359 g/mol. The van der Waals surface area contributed by atoms with Crippen LogP contribution in [-0.2, 0) is 9.84 Å². The fraction of sp³-hybridized carbons (Fsp3) is 0.211. The van der Waals surface area contributed by atoms with Gasteiger partial charge in [-0.2, -0.15) is 0 Å². The second-order valence-corrected chi connectivity index (χ2v) is 8.11. The number of rotatable bonds is 3. The van der Waals surface area contributed by atoms with E-state index in [0.29, 0.717) is 11.3 Å². The highest BCUT2D eigenvalue weighted by molar-refractivity contribution is 7.94. The molecule has 1 atom stereocenters. The number of anilines is 1. The topological polar surface area (TPSA) is 54.5 Å². The fourth-order valence-corrected chi connectivity index (χ4v) is 4.05. The van der Waals surface area contributed by atoms with Crippen LogP contribution in [0, 0.1) is 19.7 Å². The number of hydrogen-bond acceptors (Lipinski definition) is 3. The molecule has 0 radical (unpaired) electrons. The highest BCUT2D eigenvalue weighted by atomic mass is 32.2. The number of amides is 1. The van der Waals surface area contributed by atoms with Gasteiger partial charge >= 0.3 is 0 Å². The predicted molar refractivity (Wildman–Crippen MR) is 95.8 cm³/mol. The van der Waals surface area contributed by atoms with Crippen molar-refractivity contribution in [3.05, 3.63) is 76.5 Å². The normalized spacial score (nSPS) is 18.3. The number of hydrogen-bond donors (Lipinski definition) is 0. The van der Waals surface area contributed by atoms with Gasteiger partial charge in [-0.3, -0.25) is 4.79 Å². The Labute approximate surface area is 146 Å². The van der Waals surface area contributed by atoms with Crippen LogP contribution in [0.5, 0.6) is 0 Å². The molecule has 0 spiro atoms. The number of carbonyl (C=O) groups is 1. The highest BCUT2D eigenvalue weighted by Gasteiger charge is 2.32. The van der Waals surface area contributed by atoms with E-state index in [1.54, 1.807) is 6.07 Å². The van der Waals surface area contributed by atoms with Gasteiger partial charge in [-0.15, -0.1) is 0 Å². The van der Waals surface area contributed by atoms with Gasteiger partial charge in [0.2, 0.25) is 0 Å². The van der Waals surface area contributed by atoms with Crippen LogP contribution in [0.15, 0.2) is 53.9 Å². The predicted octanol–water partition coefficient (Wildman–Crippen LogP) is 3.40. The Kier molecular flexibility index (Phi) is 4.47. The summed E-state index contributed by atoms with van der Waals surface area (Å²) in [6.07, 6.45) is 1.52. The van der Waals surface area contributed by atoms with Crippen molar-refractivity contribution < 1.29 is 17.6 Å². The maximum atomic E-state index is 13.2. The van der Waals surface area contributed by atoms with Crippen LogP contribution in [-0.4, -0.2) is 26.1 Å². The fourth-order valence-electron chi connectivity index (χ4n) is 2.79. The Morgan fingerprint density at radius 1 is 1.08 bits per heavy atom. The summed E-state index contributed by atoms with van der Waals surface area (Å²) in [6, 6.07) is 10.2. The first kappa shape index (κ1) is 17.4. The molecular weight excluding hydrogens is 341 g/mol. The summed E-state index contributed by atoms with van der Waals surface area (Å²) in [5, 5.41) is 1.14. The van der Waals surface area contributed by atoms with Crippen molar-refractivity contribution in [3.63, 3.8) is 0 Å². The molecule has 0 saturated carbocycles. The molecule has 0 saturated heterocycles. The Bertz CT molecular complexity index is 949. The SMILES string of the molecule is Cc1ccc(N(C(=O)c2ccc(F)cc2)C2C=CS(=O)(=O)C2)cc1C. The summed E-state index contributed by atoms with van der Waals surface area (Å²) in [6.45, 7) is 3.89. The van der Waals surface area contributed by atoms with Crippen LogP contribution in [0.25, 0.3) is 0 Å². The van der Waals surface area contributed by atoms with Crippen molar-refractivity contribution in [2.45, 2.75) is 19.9 Å². The van der Waals surface area contributed by atoms with Crippen molar-refractivity contribution in [3.8, 4) is 0 Å². The molecule has 6 heteroatoms. The van der Waals surface area contributed by atoms with E-state index in [-0.39, 0.29) is 11.7 Å². The molecule has 1 unspecified atom stereocenters. The van der Waals surface area contributed by atoms with Crippen molar-refractivity contribution in [2.24, 2.45) is 0 Å². The smallest absolute Gasteiger partial charge is 0.258 e. The van der Waals surface area contributed by atoms with E-state index in [1.807, 2.05) is 26.0 Å². The largest absolute Gasteiger partial charge is 0.300 e. The van der Waals surface area contributed by atoms with Crippen molar-refractivity contribution in [2.75, 3.05) is 10.7 Å². The average Bonchev–Trinajstić information content (AvgIpc) is 2.91. The third kappa shape index (κ3) is 3.64. The minimum absolute atomic E-state index is 0.160. The van der Waals surface area contributed by atoms with E-state index in [1.165, 1.54) is 35.2 Å². The van der Waals surface area contributed by atoms with Crippen LogP contribution < -0.4 is 4.90 Å². The number of benzene rings is 2. The second-order valence-electron chi connectivity index (χ2n) is 6.18. The molecule has 1 aliphatic rings. The first-order chi connectivity index (χ1) is 11.8. The standard InChI is InChI=1S/C19H18FNO3S/c1-13-3-8-17(11-14(13)2)21(18-9-10-25(23,24)12-18)19(22)15-4-6-16(20)7-5-15/h3-11,18H,12H2,1-2H3. The van der Waals surface area contributed by atoms with Gasteiger partial charge < -0.3 is 4.90 Å². The quantitative estimate of drug-likeness (QED) is 0.844. The third-order valence-corrected chi connectivity index (χ3v) is 5.70. The summed E-state index contributed by atoms with van der Waals surface area (Å²) in [5.41, 5.74) is 2.99. The molecular formula is C19H18FNO3S. The lowest BCUT2D eigenvalue weighted by molar-refractivity contribution is 0.0983. The number of halogens is 1. The third-order valence-electron chi connectivity index (χ3n) is 4.32. The van der Waals surface area contributed by atoms with Gasteiger partial charge in [0, 0.05) is 16.7 Å². The molecule has 2 aromatic rings. The van der Waals surface area contributed by atoms with Crippen LogP contribution in [0.1, 0.15) is 21.5 Å². The van der Waals surface area contributed by atoms with Crippen LogP contribution in [0.4, 0.5) is 10.1 Å². The molecule has 4 nitrogen and oxygen atoms in total. The van der Waals surface area contributed by atoms with E-state index in [9.17, 15) is 17.6 Å². The zero-order valence-electron chi connectivity index (χ0n) is 13.9. The highest BCUT2D eigenvalue weighted by Crippen LogP contribution is 2.27. The van der Waals surface area contributed by atoms with Gasteiger partial charge in [-0.25, -0.2) is 12.8 Å². The molecule has 0 N–H and O–H groups in total. The maximum absolute atomic E-state index is 13.2. The Hall–Kier alpha value is -2.47. The lowest BCUT2D eigenvalue weighted by atomic mass is 10.1. The van der Waals surface area contributed by atoms with Crippen LogP contribution >= 0.6 is 0 Å². The summed E-state index contributed by atoms with van der Waals surface area (Å²) in [7, 11) is -3.32. The average molecular weight is 359 g/mol. The summed E-state index contributed by atoms with van der Waals surface area (Å²) in [4.78, 5) is 14.5. The molecule has 25 heavy (non-hydrogen) atoms. The van der Waals surface area contributed by atoms with E-state index >= 15 is 0 Å². The number of carbonyl (C=O) groups excluding carboxylic acids is 1. The number of aryl methyl sites for hydroxylation is 2. The first-order valence-electron chi connectivity index (χ1n) is 7.84. The molecule has 0 bridgehead atoms. The van der Waals surface area contributed by atoms with Gasteiger partial charge in [0.1, 0.15) is 5.82 Å². The zero-order chi connectivity index (χ0) is 18.2. The Morgan fingerprint density at radius 2 is 1.76 bits per heavy atom. The van der Waals surface area contributed by atoms with Gasteiger partial charge in [0.25, 0.3) is 5.91 Å². The van der Waals surface area contributed by atoms with E-state index in [2.05, 4.69) is 0 Å². The van der Waals surface area contributed by atoms with Crippen molar-refractivity contribution in [1.29, 1.82) is 0 Å². The van der Waals surface area contributed by atoms with Gasteiger partial charge in [-0.1, -0.05) is 6.07 Å². The van der Waals surface area contributed by atoms with Crippen LogP contribution in [0.3, 0.4) is 0 Å². The lowest BCUT2D eigenvalue weighted by Crippen LogP contribution is -2.41. The maximum Gasteiger partial charge on any atom is 0.258 e. The second kappa shape index (κ2) is 6.44. The molecule has 0 aromatic heterocycles. The summed E-state index contributed by atoms with van der Waals surface area (Å²) < 4.78 is 36.8. The van der Waals surface area contributed by atoms with Gasteiger partial charge in [0.15, 0.2) is 9.84 Å². The van der Waals surface area contributed by atoms with E-state index < -0.39 is 21.7 Å². The van der Waals surface area contributed by atoms with Gasteiger partial charge in [0.05, 0.1) is 11.8 Å². The minimum atomic E-state index is -3.32. The zero-order valence-corrected chi connectivity index (χ0v) is 14.8. The van der Waals surface area contributed by atoms with Crippen molar-refractivity contribution in [1.82, 2.24) is 0 Å².